The molecule has 0 aromatic heterocycles. The van der Waals surface area contributed by atoms with Crippen LogP contribution >= 0.6 is 0 Å². The topological polar surface area (TPSA) is 41.6 Å². The summed E-state index contributed by atoms with van der Waals surface area (Å²) in [6.07, 6.45) is -0.421. The third-order valence-corrected chi connectivity index (χ3v) is 2.35. The molecule has 4 heteroatoms. The minimum Gasteiger partial charge on any atom is -0.477 e. The summed E-state index contributed by atoms with van der Waals surface area (Å²) in [6, 6.07) is 7.62. The second-order valence-electron chi connectivity index (χ2n) is 3.72. The first kappa shape index (κ1) is 9.83. The fourth-order valence-electron chi connectivity index (χ4n) is 1.54. The third-order valence-electron chi connectivity index (χ3n) is 2.35. The molecule has 0 aliphatic carbocycles. The minimum atomic E-state index is -0.421. The van der Waals surface area contributed by atoms with Crippen molar-refractivity contribution >= 4 is 11.6 Å². The van der Waals surface area contributed by atoms with Crippen molar-refractivity contribution in [2.24, 2.45) is 0 Å². The number of fused-ring (bicyclic) bond motifs is 1. The molecule has 1 amide bonds. The van der Waals surface area contributed by atoms with Crippen LogP contribution in [0.5, 0.6) is 5.75 Å². The highest BCUT2D eigenvalue weighted by molar-refractivity contribution is 5.82. The Bertz CT molecular complexity index is 377. The number of hydrogen-bond donors (Lipinski definition) is 1. The smallest absolute Gasteiger partial charge is 0.264 e. The van der Waals surface area contributed by atoms with Crippen molar-refractivity contribution in [2.75, 3.05) is 26.0 Å². The Hall–Kier alpha value is -1.71. The number of likely N-dealkylation sites (N-methyl/N-ethyl adjacent to an activating group) is 1. The number of carbonyl (C=O) groups excluding carboxylic acids is 1. The zero-order valence-corrected chi connectivity index (χ0v) is 8.86. The van der Waals surface area contributed by atoms with Crippen molar-refractivity contribution in [1.29, 1.82) is 0 Å². The SMILES string of the molecule is CN(C)C(=O)[C@H]1CNc2ccccc2O1. The van der Waals surface area contributed by atoms with Crippen LogP contribution in [0.3, 0.4) is 0 Å². The van der Waals surface area contributed by atoms with Gasteiger partial charge in [-0.15, -0.1) is 0 Å². The highest BCUT2D eigenvalue weighted by atomic mass is 16.5. The lowest BCUT2D eigenvalue weighted by Crippen LogP contribution is -2.44. The van der Waals surface area contributed by atoms with E-state index in [4.69, 9.17) is 4.74 Å². The van der Waals surface area contributed by atoms with Crippen molar-refractivity contribution in [1.82, 2.24) is 4.90 Å². The van der Waals surface area contributed by atoms with Crippen molar-refractivity contribution in [3.8, 4) is 5.75 Å². The molecule has 0 bridgehead atoms. The molecule has 1 aromatic rings. The molecule has 1 aliphatic rings. The van der Waals surface area contributed by atoms with E-state index in [1.165, 1.54) is 0 Å². The highest BCUT2D eigenvalue weighted by Crippen LogP contribution is 2.28. The molecule has 4 nitrogen and oxygen atoms in total. The maximum atomic E-state index is 11.7. The van der Waals surface area contributed by atoms with Crippen LogP contribution in [0.1, 0.15) is 0 Å². The molecule has 2 rings (SSSR count). The first-order valence-corrected chi connectivity index (χ1v) is 4.89. The number of nitrogens with zero attached hydrogens (tertiary/aromatic N) is 1. The van der Waals surface area contributed by atoms with Gasteiger partial charge in [-0.1, -0.05) is 12.1 Å². The van der Waals surface area contributed by atoms with Crippen molar-refractivity contribution in [3.05, 3.63) is 24.3 Å². The van der Waals surface area contributed by atoms with E-state index < -0.39 is 6.10 Å². The Morgan fingerprint density at radius 1 is 1.47 bits per heavy atom. The standard InChI is InChI=1S/C11H14N2O2/c1-13(2)11(14)10-7-12-8-5-3-4-6-9(8)15-10/h3-6,10,12H,7H2,1-2H3/t10-/m1/s1. The van der Waals surface area contributed by atoms with E-state index in [1.54, 1.807) is 19.0 Å². The normalized spacial score (nSPS) is 18.4. The number of para-hydroxylation sites is 2. The second-order valence-corrected chi connectivity index (χ2v) is 3.72. The molecule has 1 atom stereocenters. The van der Waals surface area contributed by atoms with Gasteiger partial charge in [0.2, 0.25) is 0 Å². The van der Waals surface area contributed by atoms with Crippen LogP contribution in [0, 0.1) is 0 Å². The van der Waals surface area contributed by atoms with E-state index in [2.05, 4.69) is 5.32 Å². The number of anilines is 1. The van der Waals surface area contributed by atoms with Gasteiger partial charge in [-0.25, -0.2) is 0 Å². The Labute approximate surface area is 88.8 Å². The number of amides is 1. The van der Waals surface area contributed by atoms with Gasteiger partial charge in [0, 0.05) is 14.1 Å². The van der Waals surface area contributed by atoms with E-state index >= 15 is 0 Å². The summed E-state index contributed by atoms with van der Waals surface area (Å²) in [6.45, 7) is 0.522. The predicted octanol–water partition coefficient (Wildman–Crippen LogP) is 0.948. The van der Waals surface area contributed by atoms with Gasteiger partial charge < -0.3 is 15.0 Å². The molecule has 0 saturated heterocycles. The predicted molar refractivity (Wildman–Crippen MR) is 58.0 cm³/mol. The van der Waals surface area contributed by atoms with E-state index in [0.29, 0.717) is 6.54 Å². The highest BCUT2D eigenvalue weighted by Gasteiger charge is 2.26. The Balaban J connectivity index is 2.15. The summed E-state index contributed by atoms with van der Waals surface area (Å²) in [4.78, 5) is 13.2. The molecule has 15 heavy (non-hydrogen) atoms. The fraction of sp³-hybridized carbons (Fsp3) is 0.364. The molecule has 0 unspecified atom stereocenters. The van der Waals surface area contributed by atoms with Gasteiger partial charge in [-0.3, -0.25) is 4.79 Å². The van der Waals surface area contributed by atoms with Gasteiger partial charge in [0.25, 0.3) is 5.91 Å². The van der Waals surface area contributed by atoms with Crippen molar-refractivity contribution < 1.29 is 9.53 Å². The van der Waals surface area contributed by atoms with Crippen LogP contribution in [0.15, 0.2) is 24.3 Å². The summed E-state index contributed by atoms with van der Waals surface area (Å²) in [5.41, 5.74) is 0.945. The number of nitrogens with one attached hydrogen (secondary N) is 1. The average Bonchev–Trinajstić information content (AvgIpc) is 2.27. The summed E-state index contributed by atoms with van der Waals surface area (Å²) < 4.78 is 5.60. The summed E-state index contributed by atoms with van der Waals surface area (Å²) >= 11 is 0. The number of rotatable bonds is 1. The van der Waals surface area contributed by atoms with E-state index in [1.807, 2.05) is 24.3 Å². The largest absolute Gasteiger partial charge is 0.477 e. The first-order valence-electron chi connectivity index (χ1n) is 4.89. The van der Waals surface area contributed by atoms with Crippen molar-refractivity contribution in [3.63, 3.8) is 0 Å². The molecule has 0 fully saturated rings. The lowest BCUT2D eigenvalue weighted by atomic mass is 10.2. The van der Waals surface area contributed by atoms with Gasteiger partial charge >= 0.3 is 0 Å². The maximum Gasteiger partial charge on any atom is 0.264 e. The summed E-state index contributed by atoms with van der Waals surface area (Å²) in [5, 5.41) is 3.18. The molecule has 0 radical (unpaired) electrons. The quantitative estimate of drug-likeness (QED) is 0.743. The summed E-state index contributed by atoms with van der Waals surface area (Å²) in [5.74, 6) is 0.723. The zero-order chi connectivity index (χ0) is 10.8. The lowest BCUT2D eigenvalue weighted by Gasteiger charge is -2.28. The number of carbonyl (C=O) groups is 1. The Morgan fingerprint density at radius 3 is 2.93 bits per heavy atom. The van der Waals surface area contributed by atoms with Gasteiger partial charge in [0.05, 0.1) is 12.2 Å². The van der Waals surface area contributed by atoms with Gasteiger partial charge in [-0.05, 0) is 12.1 Å². The van der Waals surface area contributed by atoms with Crippen LogP contribution in [0.25, 0.3) is 0 Å². The fourth-order valence-corrected chi connectivity index (χ4v) is 1.54. The molecule has 80 valence electrons. The monoisotopic (exact) mass is 206 g/mol. The molecular formula is C11H14N2O2. The number of ether oxygens (including phenoxy) is 1. The third kappa shape index (κ3) is 1.88. The van der Waals surface area contributed by atoms with Crippen molar-refractivity contribution in [2.45, 2.75) is 6.10 Å². The molecule has 1 aliphatic heterocycles. The molecule has 0 spiro atoms. The summed E-state index contributed by atoms with van der Waals surface area (Å²) in [7, 11) is 3.46. The molecule has 0 saturated carbocycles. The van der Waals surface area contributed by atoms with E-state index in [-0.39, 0.29) is 5.91 Å². The number of benzene rings is 1. The van der Waals surface area contributed by atoms with Gasteiger partial charge in [0.1, 0.15) is 5.75 Å². The van der Waals surface area contributed by atoms with E-state index in [0.717, 1.165) is 11.4 Å². The molecule has 1 aromatic carbocycles. The maximum absolute atomic E-state index is 11.7. The zero-order valence-electron chi connectivity index (χ0n) is 8.86. The average molecular weight is 206 g/mol. The first-order chi connectivity index (χ1) is 7.18. The van der Waals surface area contributed by atoms with Crippen LogP contribution in [-0.4, -0.2) is 37.6 Å². The Morgan fingerprint density at radius 2 is 2.20 bits per heavy atom. The van der Waals surface area contributed by atoms with Crippen LogP contribution in [0.2, 0.25) is 0 Å². The van der Waals surface area contributed by atoms with Gasteiger partial charge in [-0.2, -0.15) is 0 Å². The minimum absolute atomic E-state index is 0.0167. The molecule has 1 heterocycles. The number of hydrogen-bond acceptors (Lipinski definition) is 3. The van der Waals surface area contributed by atoms with Gasteiger partial charge in [0.15, 0.2) is 6.10 Å². The van der Waals surface area contributed by atoms with Crippen LogP contribution in [0.4, 0.5) is 5.69 Å². The lowest BCUT2D eigenvalue weighted by molar-refractivity contribution is -0.135. The van der Waals surface area contributed by atoms with Crippen LogP contribution < -0.4 is 10.1 Å². The Kier molecular flexibility index (Phi) is 2.49. The molecular weight excluding hydrogens is 192 g/mol. The van der Waals surface area contributed by atoms with Crippen LogP contribution in [-0.2, 0) is 4.79 Å². The second kappa shape index (κ2) is 3.81. The molecule has 1 N–H and O–H groups in total. The van der Waals surface area contributed by atoms with E-state index in [9.17, 15) is 4.79 Å².